The van der Waals surface area contributed by atoms with Gasteiger partial charge >= 0.3 is 6.09 Å². The lowest BCUT2D eigenvalue weighted by atomic mass is 9.98. The normalized spacial score (nSPS) is 16.4. The molecule has 1 saturated heterocycles. The maximum Gasteiger partial charge on any atom is 0.410 e. The number of H-pyrrole nitrogens is 1. The Morgan fingerprint density at radius 2 is 1.85 bits per heavy atom. The fourth-order valence-corrected chi connectivity index (χ4v) is 5.10. The van der Waals surface area contributed by atoms with Crippen LogP contribution >= 0.6 is 0 Å². The Labute approximate surface area is 236 Å². The van der Waals surface area contributed by atoms with E-state index in [9.17, 15) is 9.59 Å². The average Bonchev–Trinajstić information content (AvgIpc) is 3.66. The molecule has 2 N–H and O–H groups in total. The van der Waals surface area contributed by atoms with Gasteiger partial charge in [0.15, 0.2) is 0 Å². The molecule has 0 radical (unpaired) electrons. The Kier molecular flexibility index (Phi) is 7.75. The molecule has 0 atom stereocenters. The first-order chi connectivity index (χ1) is 19.0. The summed E-state index contributed by atoms with van der Waals surface area (Å²) in [7, 11) is 0. The van der Waals surface area contributed by atoms with Crippen molar-refractivity contribution in [3.63, 3.8) is 0 Å². The number of nitrogens with zero attached hydrogens (tertiary/aromatic N) is 3. The summed E-state index contributed by atoms with van der Waals surface area (Å²) in [4.78, 5) is 40.2. The number of carbonyl (C=O) groups is 2. The molecular formula is C31H41N5O4. The van der Waals surface area contributed by atoms with Crippen LogP contribution in [0.15, 0.2) is 24.5 Å². The predicted octanol–water partition coefficient (Wildman–Crippen LogP) is 5.97. The summed E-state index contributed by atoms with van der Waals surface area (Å²) in [5, 5.41) is 3.17. The molecule has 1 aliphatic heterocycles. The minimum atomic E-state index is -0.532. The van der Waals surface area contributed by atoms with E-state index in [2.05, 4.69) is 46.2 Å². The molecule has 3 aromatic rings. The number of rotatable bonds is 7. The number of amides is 2. The van der Waals surface area contributed by atoms with Crippen LogP contribution < -0.4 is 10.1 Å². The second kappa shape index (κ2) is 11.1. The Hall–Kier alpha value is -3.62. The summed E-state index contributed by atoms with van der Waals surface area (Å²) in [5.74, 6) is 1.60. The van der Waals surface area contributed by atoms with Gasteiger partial charge in [0.25, 0.3) is 5.91 Å². The predicted molar refractivity (Wildman–Crippen MR) is 155 cm³/mol. The number of fused-ring (bicyclic) bond motifs is 1. The molecule has 5 rings (SSSR count). The van der Waals surface area contributed by atoms with Crippen molar-refractivity contribution in [1.29, 1.82) is 0 Å². The van der Waals surface area contributed by atoms with Gasteiger partial charge in [-0.15, -0.1) is 0 Å². The first kappa shape index (κ1) is 27.9. The summed E-state index contributed by atoms with van der Waals surface area (Å²) in [6, 6.07) is 6.25. The smallest absolute Gasteiger partial charge is 0.410 e. The van der Waals surface area contributed by atoms with E-state index in [1.807, 2.05) is 33.8 Å². The summed E-state index contributed by atoms with van der Waals surface area (Å²) in [5.41, 5.74) is 4.87. The van der Waals surface area contributed by atoms with Crippen LogP contribution in [0.1, 0.15) is 87.8 Å². The van der Waals surface area contributed by atoms with Crippen LogP contribution in [0.3, 0.4) is 0 Å². The van der Waals surface area contributed by atoms with Gasteiger partial charge in [-0.2, -0.15) is 0 Å². The SMILES string of the molecule is Cc1[nH]c2c(-c3cc(C(C)C)ccc3OCC3CC3)ncnc2c1C(=O)NC1CCN(C(=O)OC(C)(C)C)CC1. The van der Waals surface area contributed by atoms with E-state index in [0.717, 1.165) is 28.2 Å². The number of carbonyl (C=O) groups excluding carboxylic acids is 2. The highest BCUT2D eigenvalue weighted by Crippen LogP contribution is 2.38. The summed E-state index contributed by atoms with van der Waals surface area (Å²) < 4.78 is 11.7. The molecule has 9 heteroatoms. The van der Waals surface area contributed by atoms with Crippen molar-refractivity contribution in [2.45, 2.75) is 84.8 Å². The van der Waals surface area contributed by atoms with E-state index in [1.165, 1.54) is 24.7 Å². The van der Waals surface area contributed by atoms with Crippen LogP contribution in [-0.2, 0) is 4.74 Å². The topological polar surface area (TPSA) is 109 Å². The first-order valence-electron chi connectivity index (χ1n) is 14.4. The van der Waals surface area contributed by atoms with Gasteiger partial charge in [-0.05, 0) is 82.9 Å². The number of benzene rings is 1. The largest absolute Gasteiger partial charge is 0.493 e. The zero-order valence-corrected chi connectivity index (χ0v) is 24.5. The van der Waals surface area contributed by atoms with Gasteiger partial charge in [0, 0.05) is 30.4 Å². The van der Waals surface area contributed by atoms with Gasteiger partial charge in [-0.25, -0.2) is 14.8 Å². The van der Waals surface area contributed by atoms with Gasteiger partial charge in [0.05, 0.1) is 17.7 Å². The second-order valence-corrected chi connectivity index (χ2v) is 12.5. The van der Waals surface area contributed by atoms with E-state index >= 15 is 0 Å². The fourth-order valence-electron chi connectivity index (χ4n) is 5.10. The van der Waals surface area contributed by atoms with E-state index in [0.29, 0.717) is 55.5 Å². The molecule has 0 bridgehead atoms. The Morgan fingerprint density at radius 3 is 2.50 bits per heavy atom. The molecule has 1 aromatic carbocycles. The highest BCUT2D eigenvalue weighted by molar-refractivity contribution is 6.09. The van der Waals surface area contributed by atoms with Crippen molar-refractivity contribution in [2.24, 2.45) is 5.92 Å². The number of ether oxygens (including phenoxy) is 2. The Balaban J connectivity index is 1.37. The van der Waals surface area contributed by atoms with Crippen molar-refractivity contribution in [3.8, 4) is 17.0 Å². The molecule has 2 amide bonds. The van der Waals surface area contributed by atoms with Crippen molar-refractivity contribution in [2.75, 3.05) is 19.7 Å². The number of aromatic nitrogens is 3. The molecule has 0 unspecified atom stereocenters. The Morgan fingerprint density at radius 1 is 1.12 bits per heavy atom. The average molecular weight is 548 g/mol. The van der Waals surface area contributed by atoms with Crippen LogP contribution in [0.5, 0.6) is 5.75 Å². The Bertz CT molecular complexity index is 1390. The number of aryl methyl sites for hydroxylation is 1. The fraction of sp³-hybridized carbons (Fsp3) is 0.548. The summed E-state index contributed by atoms with van der Waals surface area (Å²) in [6.45, 7) is 13.6. The van der Waals surface area contributed by atoms with Gasteiger partial charge in [-0.1, -0.05) is 19.9 Å². The van der Waals surface area contributed by atoms with E-state index < -0.39 is 5.60 Å². The molecule has 1 saturated carbocycles. The molecule has 2 aromatic heterocycles. The second-order valence-electron chi connectivity index (χ2n) is 12.5. The number of piperidine rings is 1. The number of aromatic amines is 1. The minimum absolute atomic E-state index is 0.0398. The van der Waals surface area contributed by atoms with Crippen molar-refractivity contribution in [1.82, 2.24) is 25.2 Å². The highest BCUT2D eigenvalue weighted by atomic mass is 16.6. The maximum atomic E-state index is 13.5. The molecule has 40 heavy (non-hydrogen) atoms. The monoisotopic (exact) mass is 547 g/mol. The van der Waals surface area contributed by atoms with Crippen LogP contribution in [0.4, 0.5) is 4.79 Å². The maximum absolute atomic E-state index is 13.5. The zero-order chi connectivity index (χ0) is 28.6. The number of hydrogen-bond acceptors (Lipinski definition) is 6. The van der Waals surface area contributed by atoms with Gasteiger partial charge in [0.2, 0.25) is 0 Å². The lowest BCUT2D eigenvalue weighted by Crippen LogP contribution is -2.47. The van der Waals surface area contributed by atoms with E-state index in [-0.39, 0.29) is 18.0 Å². The first-order valence-corrected chi connectivity index (χ1v) is 14.4. The molecule has 3 heterocycles. The van der Waals surface area contributed by atoms with Gasteiger partial charge < -0.3 is 24.7 Å². The third-order valence-corrected chi connectivity index (χ3v) is 7.58. The molecule has 0 spiro atoms. The molecule has 9 nitrogen and oxygen atoms in total. The van der Waals surface area contributed by atoms with Crippen LogP contribution in [0, 0.1) is 12.8 Å². The third-order valence-electron chi connectivity index (χ3n) is 7.58. The molecule has 214 valence electrons. The van der Waals surface area contributed by atoms with Crippen LogP contribution in [-0.4, -0.2) is 63.2 Å². The molecule has 2 aliphatic rings. The number of hydrogen-bond donors (Lipinski definition) is 2. The van der Waals surface area contributed by atoms with Crippen LogP contribution in [0.25, 0.3) is 22.3 Å². The summed E-state index contributed by atoms with van der Waals surface area (Å²) >= 11 is 0. The van der Waals surface area contributed by atoms with E-state index in [1.54, 1.807) is 4.90 Å². The van der Waals surface area contributed by atoms with Crippen molar-refractivity contribution >= 4 is 23.0 Å². The van der Waals surface area contributed by atoms with E-state index in [4.69, 9.17) is 9.47 Å². The minimum Gasteiger partial charge on any atom is -0.493 e. The van der Waals surface area contributed by atoms with Crippen LogP contribution in [0.2, 0.25) is 0 Å². The van der Waals surface area contributed by atoms with Gasteiger partial charge in [-0.3, -0.25) is 4.79 Å². The highest BCUT2D eigenvalue weighted by Gasteiger charge is 2.29. The number of nitrogens with one attached hydrogen (secondary N) is 2. The lowest BCUT2D eigenvalue weighted by Gasteiger charge is -2.33. The van der Waals surface area contributed by atoms with Crippen molar-refractivity contribution in [3.05, 3.63) is 41.3 Å². The standard InChI is InChI=1S/C31H41N5O4/c1-18(2)21-9-10-24(39-16-20-7-8-20)23(15-21)26-28-27(33-17-32-26)25(19(3)34-28)29(37)35-22-11-13-36(14-12-22)30(38)40-31(4,5)6/h9-10,15,17-18,20,22,34H,7-8,11-14,16H2,1-6H3,(H,35,37). The van der Waals surface area contributed by atoms with Gasteiger partial charge in [0.1, 0.15) is 28.9 Å². The lowest BCUT2D eigenvalue weighted by molar-refractivity contribution is 0.0199. The molecule has 2 fully saturated rings. The number of likely N-dealkylation sites (tertiary alicyclic amines) is 1. The summed E-state index contributed by atoms with van der Waals surface area (Å²) in [6.07, 6.45) is 4.97. The van der Waals surface area contributed by atoms with Crippen molar-refractivity contribution < 1.29 is 19.1 Å². The molecular weight excluding hydrogens is 506 g/mol. The zero-order valence-electron chi connectivity index (χ0n) is 24.5. The molecule has 1 aliphatic carbocycles. The third kappa shape index (κ3) is 6.24. The quantitative estimate of drug-likeness (QED) is 0.377.